The fraction of sp³-hybridized carbons (Fsp3) is 0.750. The molecule has 1 aliphatic carbocycles. The number of aliphatic hydroxyl groups is 1. The zero-order valence-corrected chi connectivity index (χ0v) is 19.7. The molecule has 0 radical (unpaired) electrons. The van der Waals surface area contributed by atoms with Gasteiger partial charge in [-0.25, -0.2) is 10.2 Å². The minimum absolute atomic E-state index is 0.108. The number of rotatable bonds is 8. The number of unbranched alkanes of at least 4 members (excludes halogenated alkanes) is 2. The first-order valence-corrected chi connectivity index (χ1v) is 12.6. The molecule has 2 N–H and O–H groups in total. The Morgan fingerprint density at radius 2 is 1.67 bits per heavy atom. The number of piperazine rings is 1. The van der Waals surface area contributed by atoms with E-state index in [0.717, 1.165) is 32.1 Å². The van der Waals surface area contributed by atoms with Crippen LogP contribution in [0, 0.1) is 5.92 Å². The SMILES string of the molecule is O=C(CCCCCN1C(=O)C=CC1O)N1CCN(C(=O)N/N=C/C2CCCCCCC2)CC1. The van der Waals surface area contributed by atoms with Crippen molar-refractivity contribution in [1.29, 1.82) is 0 Å². The van der Waals surface area contributed by atoms with Crippen molar-refractivity contribution in [2.45, 2.75) is 76.9 Å². The first kappa shape index (κ1) is 25.2. The predicted octanol–water partition coefficient (Wildman–Crippen LogP) is 2.46. The average Bonchev–Trinajstić information content (AvgIpc) is 3.12. The Kier molecular flexibility index (Phi) is 10.2. The van der Waals surface area contributed by atoms with Crippen molar-refractivity contribution in [2.24, 2.45) is 11.0 Å². The van der Waals surface area contributed by atoms with Gasteiger partial charge in [0.2, 0.25) is 11.8 Å². The first-order valence-electron chi connectivity index (χ1n) is 12.6. The molecule has 3 aliphatic rings. The number of nitrogens with one attached hydrogen (secondary N) is 1. The van der Waals surface area contributed by atoms with Gasteiger partial charge in [-0.1, -0.05) is 38.5 Å². The Morgan fingerprint density at radius 3 is 2.33 bits per heavy atom. The van der Waals surface area contributed by atoms with E-state index in [-0.39, 0.29) is 17.8 Å². The van der Waals surface area contributed by atoms with Crippen molar-refractivity contribution in [2.75, 3.05) is 32.7 Å². The van der Waals surface area contributed by atoms with Crippen LogP contribution in [0.25, 0.3) is 0 Å². The molecule has 2 aliphatic heterocycles. The molecule has 0 aromatic rings. The summed E-state index contributed by atoms with van der Waals surface area (Å²) < 4.78 is 0. The fourth-order valence-electron chi connectivity index (χ4n) is 4.70. The first-order chi connectivity index (χ1) is 16.0. The molecule has 1 unspecified atom stereocenters. The number of nitrogens with zero attached hydrogens (tertiary/aromatic N) is 4. The largest absolute Gasteiger partial charge is 0.370 e. The minimum Gasteiger partial charge on any atom is -0.370 e. The number of amides is 4. The lowest BCUT2D eigenvalue weighted by Crippen LogP contribution is -2.52. The molecular formula is C24H39N5O4. The zero-order valence-electron chi connectivity index (χ0n) is 19.7. The Labute approximate surface area is 196 Å². The smallest absolute Gasteiger partial charge is 0.337 e. The number of carbonyl (C=O) groups is 3. The molecule has 33 heavy (non-hydrogen) atoms. The van der Waals surface area contributed by atoms with Gasteiger partial charge in [0.15, 0.2) is 0 Å². The van der Waals surface area contributed by atoms with Crippen molar-refractivity contribution >= 4 is 24.1 Å². The normalized spacial score (nSPS) is 22.6. The van der Waals surface area contributed by atoms with E-state index in [4.69, 9.17) is 0 Å². The third-order valence-corrected chi connectivity index (χ3v) is 6.82. The number of hydrogen-bond donors (Lipinski definition) is 2. The molecule has 4 amide bonds. The highest BCUT2D eigenvalue weighted by Gasteiger charge is 2.24. The number of aliphatic hydroxyl groups excluding tert-OH is 1. The Morgan fingerprint density at radius 1 is 1.00 bits per heavy atom. The van der Waals surface area contributed by atoms with Crippen molar-refractivity contribution in [3.63, 3.8) is 0 Å². The van der Waals surface area contributed by atoms with E-state index < -0.39 is 6.23 Å². The van der Waals surface area contributed by atoms with E-state index in [1.807, 2.05) is 11.1 Å². The molecule has 0 spiro atoms. The van der Waals surface area contributed by atoms with Crippen LogP contribution in [0.15, 0.2) is 17.3 Å². The molecular weight excluding hydrogens is 422 g/mol. The van der Waals surface area contributed by atoms with Crippen molar-refractivity contribution in [1.82, 2.24) is 20.1 Å². The second kappa shape index (κ2) is 13.3. The Hall–Kier alpha value is -2.42. The van der Waals surface area contributed by atoms with Crippen molar-refractivity contribution in [3.8, 4) is 0 Å². The van der Waals surface area contributed by atoms with Gasteiger partial charge in [-0.3, -0.25) is 9.59 Å². The Balaban J connectivity index is 1.26. The lowest BCUT2D eigenvalue weighted by molar-refractivity contribution is -0.133. The summed E-state index contributed by atoms with van der Waals surface area (Å²) in [7, 11) is 0. The van der Waals surface area contributed by atoms with Gasteiger partial charge < -0.3 is 19.8 Å². The van der Waals surface area contributed by atoms with Crippen LogP contribution in [-0.2, 0) is 9.59 Å². The van der Waals surface area contributed by atoms with Crippen molar-refractivity contribution in [3.05, 3.63) is 12.2 Å². The van der Waals surface area contributed by atoms with Gasteiger partial charge in [0, 0.05) is 51.4 Å². The number of carbonyl (C=O) groups excluding carboxylic acids is 3. The summed E-state index contributed by atoms with van der Waals surface area (Å²) in [5.74, 6) is 0.403. The number of hydrazone groups is 1. The summed E-state index contributed by atoms with van der Waals surface area (Å²) in [6.45, 7) is 2.60. The summed E-state index contributed by atoms with van der Waals surface area (Å²) in [6.07, 6.45) is 15.4. The van der Waals surface area contributed by atoms with Gasteiger partial charge in [0.25, 0.3) is 0 Å². The molecule has 2 fully saturated rings. The second-order valence-corrected chi connectivity index (χ2v) is 9.28. The van der Waals surface area contributed by atoms with Gasteiger partial charge in [-0.05, 0) is 37.7 Å². The van der Waals surface area contributed by atoms with Crippen LogP contribution in [0.1, 0.15) is 70.6 Å². The summed E-state index contributed by atoms with van der Waals surface area (Å²) in [6, 6.07) is -0.197. The van der Waals surface area contributed by atoms with Crippen LogP contribution >= 0.6 is 0 Å². The van der Waals surface area contributed by atoms with Crippen LogP contribution in [-0.4, -0.2) is 82.8 Å². The fourth-order valence-corrected chi connectivity index (χ4v) is 4.70. The summed E-state index contributed by atoms with van der Waals surface area (Å²) in [5, 5.41) is 13.9. The maximum Gasteiger partial charge on any atom is 0.337 e. The van der Waals surface area contributed by atoms with E-state index in [1.54, 1.807) is 4.90 Å². The van der Waals surface area contributed by atoms with Gasteiger partial charge in [-0.15, -0.1) is 0 Å². The molecule has 1 atom stereocenters. The molecule has 9 nitrogen and oxygen atoms in total. The Bertz CT molecular complexity index is 710. The zero-order chi connectivity index (χ0) is 23.5. The van der Waals surface area contributed by atoms with Gasteiger partial charge in [0.1, 0.15) is 6.23 Å². The van der Waals surface area contributed by atoms with Crippen LogP contribution < -0.4 is 5.43 Å². The van der Waals surface area contributed by atoms with E-state index in [9.17, 15) is 19.5 Å². The standard InChI is InChI=1S/C24H39N5O4/c30-21(11-7-4-8-14-29-22(31)12-13-23(29)32)27-15-17-28(18-16-27)24(33)26-25-19-20-9-5-2-1-3-6-10-20/h12-13,19-20,22,31H,1-11,14-18H2,(H,26,33)/b25-19+. The van der Waals surface area contributed by atoms with Crippen LogP contribution in [0.5, 0.6) is 0 Å². The van der Waals surface area contributed by atoms with E-state index in [2.05, 4.69) is 10.5 Å². The van der Waals surface area contributed by atoms with Crippen molar-refractivity contribution < 1.29 is 19.5 Å². The second-order valence-electron chi connectivity index (χ2n) is 9.28. The van der Waals surface area contributed by atoms with Crippen LogP contribution in [0.2, 0.25) is 0 Å². The minimum atomic E-state index is -0.820. The highest BCUT2D eigenvalue weighted by atomic mass is 16.3. The van der Waals surface area contributed by atoms with E-state index >= 15 is 0 Å². The lowest BCUT2D eigenvalue weighted by atomic mass is 9.92. The van der Waals surface area contributed by atoms with Gasteiger partial charge in [0.05, 0.1) is 0 Å². The molecule has 0 bridgehead atoms. The van der Waals surface area contributed by atoms with Crippen LogP contribution in [0.4, 0.5) is 4.79 Å². The highest BCUT2D eigenvalue weighted by Crippen LogP contribution is 2.20. The van der Waals surface area contributed by atoms with Gasteiger partial charge >= 0.3 is 6.03 Å². The third kappa shape index (κ3) is 8.14. The molecule has 1 saturated heterocycles. The molecule has 9 heteroatoms. The third-order valence-electron chi connectivity index (χ3n) is 6.82. The molecule has 1 saturated carbocycles. The maximum atomic E-state index is 12.5. The van der Waals surface area contributed by atoms with E-state index in [0.29, 0.717) is 45.1 Å². The summed E-state index contributed by atoms with van der Waals surface area (Å²) >= 11 is 0. The number of urea groups is 1. The lowest BCUT2D eigenvalue weighted by Gasteiger charge is -2.34. The summed E-state index contributed by atoms with van der Waals surface area (Å²) in [5.41, 5.74) is 2.66. The highest BCUT2D eigenvalue weighted by molar-refractivity contribution is 5.90. The van der Waals surface area contributed by atoms with Crippen LogP contribution in [0.3, 0.4) is 0 Å². The molecule has 184 valence electrons. The summed E-state index contributed by atoms with van der Waals surface area (Å²) in [4.78, 5) is 41.4. The topological polar surface area (TPSA) is 106 Å². The molecule has 0 aromatic carbocycles. The van der Waals surface area contributed by atoms with Gasteiger partial charge in [-0.2, -0.15) is 5.10 Å². The molecule has 2 heterocycles. The predicted molar refractivity (Wildman–Crippen MR) is 126 cm³/mol. The maximum absolute atomic E-state index is 12.5. The molecule has 3 rings (SSSR count). The number of hydrogen-bond acceptors (Lipinski definition) is 5. The average molecular weight is 462 g/mol. The quantitative estimate of drug-likeness (QED) is 0.329. The van der Waals surface area contributed by atoms with E-state index in [1.165, 1.54) is 49.2 Å². The monoisotopic (exact) mass is 461 g/mol. The molecule has 0 aromatic heterocycles.